The Morgan fingerprint density at radius 2 is 1.59 bits per heavy atom. The maximum Gasteiger partial charge on any atom is 0.307 e. The van der Waals surface area contributed by atoms with Gasteiger partial charge in [0.15, 0.2) is 0 Å². The molecule has 2 N–H and O–H groups in total. The molecule has 2 unspecified atom stereocenters. The Kier molecular flexibility index (Phi) is 5.98. The van der Waals surface area contributed by atoms with Crippen LogP contribution in [0.2, 0.25) is 0 Å². The highest BCUT2D eigenvalue weighted by molar-refractivity contribution is 6.29. The molecule has 2 aromatic carbocycles. The fourth-order valence-corrected chi connectivity index (χ4v) is 3.11. The Morgan fingerprint density at radius 1 is 0.963 bits per heavy atom. The molecule has 6 nitrogen and oxygen atoms in total. The summed E-state index contributed by atoms with van der Waals surface area (Å²) in [7, 11) is 0. The van der Waals surface area contributed by atoms with Gasteiger partial charge in [-0.2, -0.15) is 10.2 Å². The topological polar surface area (TPSA) is 91.1 Å². The second-order valence-corrected chi connectivity index (χ2v) is 6.70. The highest BCUT2D eigenvalue weighted by atomic mass is 35.5. The molecule has 0 heterocycles. The predicted molar refractivity (Wildman–Crippen MR) is 103 cm³/mol. The first kappa shape index (κ1) is 18.8. The number of allylic oxidation sites excluding steroid dienone is 2. The third-order valence-electron chi connectivity index (χ3n) is 4.32. The van der Waals surface area contributed by atoms with Crippen LogP contribution >= 0.6 is 11.6 Å². The van der Waals surface area contributed by atoms with Crippen LogP contribution in [0, 0.1) is 11.8 Å². The quantitative estimate of drug-likeness (QED) is 0.688. The Bertz CT molecular complexity index is 879. The van der Waals surface area contributed by atoms with Crippen molar-refractivity contribution in [2.45, 2.75) is 12.8 Å². The Morgan fingerprint density at radius 3 is 2.22 bits per heavy atom. The van der Waals surface area contributed by atoms with Gasteiger partial charge in [-0.3, -0.25) is 9.59 Å². The van der Waals surface area contributed by atoms with Crippen LogP contribution in [-0.2, 0) is 9.59 Å². The molecule has 138 valence electrons. The summed E-state index contributed by atoms with van der Waals surface area (Å²) in [5.74, 6) is -2.82. The summed E-state index contributed by atoms with van der Waals surface area (Å²) >= 11 is 6.00. The molecule has 0 bridgehead atoms. The first-order chi connectivity index (χ1) is 13.0. The van der Waals surface area contributed by atoms with Gasteiger partial charge in [0.1, 0.15) is 0 Å². The van der Waals surface area contributed by atoms with Gasteiger partial charge in [0.2, 0.25) is 5.91 Å². The van der Waals surface area contributed by atoms with Crippen molar-refractivity contribution in [2.24, 2.45) is 22.1 Å². The first-order valence-electron chi connectivity index (χ1n) is 8.48. The fourth-order valence-electron chi connectivity index (χ4n) is 2.86. The van der Waals surface area contributed by atoms with E-state index in [1.54, 1.807) is 30.3 Å². The standard InChI is InChI=1S/C20H18ClN3O3/c21-13-6-11-17(20(26)27)18(12-13)19(25)22-14-7-9-16(10-8-14)24-23-15-4-2-1-3-5-15/h1-10,17-18H,11-12H2,(H,22,25)(H,26,27). The molecule has 0 fully saturated rings. The van der Waals surface area contributed by atoms with E-state index >= 15 is 0 Å². The number of azo groups is 1. The Labute approximate surface area is 161 Å². The molecule has 3 rings (SSSR count). The van der Waals surface area contributed by atoms with Crippen molar-refractivity contribution in [1.29, 1.82) is 0 Å². The molecule has 0 spiro atoms. The molecule has 0 aromatic heterocycles. The number of hydrogen-bond donors (Lipinski definition) is 2. The number of halogens is 1. The number of benzene rings is 2. The largest absolute Gasteiger partial charge is 0.481 e. The Hall–Kier alpha value is -2.99. The van der Waals surface area contributed by atoms with E-state index in [1.165, 1.54) is 0 Å². The van der Waals surface area contributed by atoms with Gasteiger partial charge in [-0.15, -0.1) is 0 Å². The molecule has 0 radical (unpaired) electrons. The molecule has 1 aliphatic rings. The highest BCUT2D eigenvalue weighted by Gasteiger charge is 2.36. The maximum absolute atomic E-state index is 12.5. The number of hydrogen-bond acceptors (Lipinski definition) is 4. The van der Waals surface area contributed by atoms with Gasteiger partial charge in [0, 0.05) is 10.7 Å². The highest BCUT2D eigenvalue weighted by Crippen LogP contribution is 2.33. The number of amides is 1. The van der Waals surface area contributed by atoms with Crippen LogP contribution in [0.4, 0.5) is 17.1 Å². The van der Waals surface area contributed by atoms with Crippen LogP contribution in [0.3, 0.4) is 0 Å². The smallest absolute Gasteiger partial charge is 0.307 e. The maximum atomic E-state index is 12.5. The van der Waals surface area contributed by atoms with Crippen molar-refractivity contribution in [3.05, 3.63) is 65.7 Å². The van der Waals surface area contributed by atoms with Crippen LogP contribution in [-0.4, -0.2) is 17.0 Å². The molecular formula is C20H18ClN3O3. The van der Waals surface area contributed by atoms with Gasteiger partial charge in [0.05, 0.1) is 23.2 Å². The minimum atomic E-state index is -0.993. The molecule has 0 saturated carbocycles. The monoisotopic (exact) mass is 383 g/mol. The zero-order chi connectivity index (χ0) is 19.2. The molecular weight excluding hydrogens is 366 g/mol. The van der Waals surface area contributed by atoms with Crippen molar-refractivity contribution in [2.75, 3.05) is 5.32 Å². The molecule has 2 atom stereocenters. The third-order valence-corrected chi connectivity index (χ3v) is 4.63. The summed E-state index contributed by atoms with van der Waals surface area (Å²) in [4.78, 5) is 23.9. The molecule has 1 aliphatic carbocycles. The zero-order valence-corrected chi connectivity index (χ0v) is 15.1. The van der Waals surface area contributed by atoms with Crippen molar-refractivity contribution in [3.8, 4) is 0 Å². The van der Waals surface area contributed by atoms with E-state index in [0.29, 0.717) is 16.4 Å². The molecule has 0 aliphatic heterocycles. The summed E-state index contributed by atoms with van der Waals surface area (Å²) < 4.78 is 0. The van der Waals surface area contributed by atoms with Gasteiger partial charge in [-0.25, -0.2) is 0 Å². The van der Waals surface area contributed by atoms with Crippen molar-refractivity contribution >= 4 is 40.5 Å². The molecule has 0 saturated heterocycles. The van der Waals surface area contributed by atoms with E-state index in [9.17, 15) is 14.7 Å². The zero-order valence-electron chi connectivity index (χ0n) is 14.4. The number of aliphatic carboxylic acids is 1. The Balaban J connectivity index is 1.65. The van der Waals surface area contributed by atoms with Crippen LogP contribution in [0.25, 0.3) is 0 Å². The number of carbonyl (C=O) groups excluding carboxylic acids is 1. The summed E-state index contributed by atoms with van der Waals surface area (Å²) in [5, 5.41) is 20.9. The van der Waals surface area contributed by atoms with E-state index in [4.69, 9.17) is 11.6 Å². The van der Waals surface area contributed by atoms with Crippen molar-refractivity contribution < 1.29 is 14.7 Å². The van der Waals surface area contributed by atoms with Crippen LogP contribution in [0.15, 0.2) is 75.9 Å². The van der Waals surface area contributed by atoms with E-state index in [-0.39, 0.29) is 18.7 Å². The molecule has 27 heavy (non-hydrogen) atoms. The van der Waals surface area contributed by atoms with Crippen LogP contribution < -0.4 is 5.32 Å². The predicted octanol–water partition coefficient (Wildman–Crippen LogP) is 5.27. The molecule has 1 amide bonds. The number of rotatable bonds is 5. The van der Waals surface area contributed by atoms with Gasteiger partial charge >= 0.3 is 5.97 Å². The van der Waals surface area contributed by atoms with Gasteiger partial charge in [-0.05, 0) is 49.2 Å². The summed E-state index contributed by atoms with van der Waals surface area (Å²) in [6.07, 6.45) is 2.15. The summed E-state index contributed by atoms with van der Waals surface area (Å²) in [6.45, 7) is 0. The first-order valence-corrected chi connectivity index (χ1v) is 8.86. The lowest BCUT2D eigenvalue weighted by atomic mass is 9.82. The average Bonchev–Trinajstić information content (AvgIpc) is 2.68. The SMILES string of the molecule is O=C(O)C1CC=C(Cl)CC1C(=O)Nc1ccc(N=Nc2ccccc2)cc1. The second-order valence-electron chi connectivity index (χ2n) is 6.21. The second kappa shape index (κ2) is 8.60. The number of carboxylic acids is 1. The average molecular weight is 384 g/mol. The van der Waals surface area contributed by atoms with Crippen LogP contribution in [0.1, 0.15) is 12.8 Å². The lowest BCUT2D eigenvalue weighted by Gasteiger charge is -2.25. The summed E-state index contributed by atoms with van der Waals surface area (Å²) in [6, 6.07) is 16.2. The fraction of sp³-hybridized carbons (Fsp3) is 0.200. The van der Waals surface area contributed by atoms with Crippen molar-refractivity contribution in [1.82, 2.24) is 0 Å². The number of carbonyl (C=O) groups is 2. The minimum absolute atomic E-state index is 0.230. The van der Waals surface area contributed by atoms with Crippen LogP contribution in [0.5, 0.6) is 0 Å². The van der Waals surface area contributed by atoms with Gasteiger partial charge in [-0.1, -0.05) is 35.9 Å². The number of anilines is 1. The van der Waals surface area contributed by atoms with Crippen molar-refractivity contribution in [3.63, 3.8) is 0 Å². The summed E-state index contributed by atoms with van der Waals surface area (Å²) in [5.41, 5.74) is 1.95. The number of nitrogens with one attached hydrogen (secondary N) is 1. The van der Waals surface area contributed by atoms with E-state index in [1.807, 2.05) is 30.3 Å². The molecule has 2 aromatic rings. The van der Waals surface area contributed by atoms with Gasteiger partial charge < -0.3 is 10.4 Å². The van der Waals surface area contributed by atoms with E-state index < -0.39 is 17.8 Å². The minimum Gasteiger partial charge on any atom is -0.481 e. The van der Waals surface area contributed by atoms with E-state index in [2.05, 4.69) is 15.5 Å². The third kappa shape index (κ3) is 5.01. The normalized spacial score (nSPS) is 19.5. The van der Waals surface area contributed by atoms with Gasteiger partial charge in [0.25, 0.3) is 0 Å². The number of nitrogens with zero attached hydrogens (tertiary/aromatic N) is 2. The lowest BCUT2D eigenvalue weighted by molar-refractivity contribution is -0.146. The molecule has 7 heteroatoms. The van der Waals surface area contributed by atoms with E-state index in [0.717, 1.165) is 5.69 Å². The lowest BCUT2D eigenvalue weighted by Crippen LogP contribution is -2.35. The number of carboxylic acid groups (broad SMARTS) is 1.